The van der Waals surface area contributed by atoms with E-state index in [0.717, 1.165) is 33.4 Å². The Morgan fingerprint density at radius 3 is 2.46 bits per heavy atom. The highest BCUT2D eigenvalue weighted by atomic mass is 32.1. The van der Waals surface area contributed by atoms with Gasteiger partial charge in [0.25, 0.3) is 0 Å². The van der Waals surface area contributed by atoms with Crippen molar-refractivity contribution < 1.29 is 4.74 Å². The number of aryl methyl sites for hydroxylation is 1. The Morgan fingerprint density at radius 2 is 1.73 bits per heavy atom. The normalized spacial score (nSPS) is 10.8. The van der Waals surface area contributed by atoms with Gasteiger partial charge in [0.05, 0.1) is 19.2 Å². The van der Waals surface area contributed by atoms with Crippen LogP contribution in [0.4, 0.5) is 0 Å². The highest BCUT2D eigenvalue weighted by Gasteiger charge is 2.13. The first-order chi connectivity index (χ1) is 12.7. The van der Waals surface area contributed by atoms with Gasteiger partial charge in [0.15, 0.2) is 5.82 Å². The number of thiazole rings is 1. The lowest BCUT2D eigenvalue weighted by atomic mass is 10.1. The molecule has 0 saturated heterocycles. The van der Waals surface area contributed by atoms with Crippen LogP contribution in [0.25, 0.3) is 22.6 Å². The van der Waals surface area contributed by atoms with Crippen molar-refractivity contribution in [3.8, 4) is 28.4 Å². The quantitative estimate of drug-likeness (QED) is 0.568. The monoisotopic (exact) mass is 362 g/mol. The molecule has 0 amide bonds. The molecule has 4 rings (SSSR count). The highest BCUT2D eigenvalue weighted by Crippen LogP contribution is 2.29. The van der Waals surface area contributed by atoms with Crippen molar-refractivity contribution in [3.05, 3.63) is 70.3 Å². The van der Waals surface area contributed by atoms with Gasteiger partial charge < -0.3 is 4.74 Å². The number of aromatic nitrogens is 4. The molecule has 0 aliphatic heterocycles. The van der Waals surface area contributed by atoms with E-state index in [-0.39, 0.29) is 0 Å². The molecular formula is C20H18N4OS. The van der Waals surface area contributed by atoms with E-state index in [1.165, 1.54) is 4.88 Å². The van der Waals surface area contributed by atoms with Crippen molar-refractivity contribution in [2.75, 3.05) is 7.11 Å². The lowest BCUT2D eigenvalue weighted by Crippen LogP contribution is -1.90. The van der Waals surface area contributed by atoms with Crippen LogP contribution in [0.2, 0.25) is 0 Å². The molecule has 0 unspecified atom stereocenters. The number of nitrogens with zero attached hydrogens (tertiary/aromatic N) is 3. The standard InChI is InChI=1S/C20H18N4OS/c1-13-19(14-8-10-16(25-2)11-9-14)22-18(26-13)12-17-21-20(24-23-17)15-6-4-3-5-7-15/h3-11H,12H2,1-2H3,(H,21,23,24). The molecule has 0 fully saturated rings. The molecule has 0 atom stereocenters. The number of hydrogen-bond acceptors (Lipinski definition) is 5. The Labute approximate surface area is 155 Å². The molecule has 26 heavy (non-hydrogen) atoms. The molecule has 4 aromatic rings. The lowest BCUT2D eigenvalue weighted by Gasteiger charge is -2.01. The van der Waals surface area contributed by atoms with E-state index >= 15 is 0 Å². The molecule has 0 aliphatic rings. The summed E-state index contributed by atoms with van der Waals surface area (Å²) in [7, 11) is 1.67. The van der Waals surface area contributed by atoms with Crippen LogP contribution in [0.3, 0.4) is 0 Å². The molecule has 130 valence electrons. The molecule has 0 radical (unpaired) electrons. The summed E-state index contributed by atoms with van der Waals surface area (Å²) in [5.41, 5.74) is 3.10. The van der Waals surface area contributed by atoms with Gasteiger partial charge in [-0.2, -0.15) is 5.10 Å². The lowest BCUT2D eigenvalue weighted by molar-refractivity contribution is 0.415. The maximum atomic E-state index is 5.22. The summed E-state index contributed by atoms with van der Waals surface area (Å²) in [6.45, 7) is 2.09. The fourth-order valence-corrected chi connectivity index (χ4v) is 3.74. The summed E-state index contributed by atoms with van der Waals surface area (Å²) >= 11 is 1.69. The number of ether oxygens (including phenoxy) is 1. The fraction of sp³-hybridized carbons (Fsp3) is 0.150. The van der Waals surface area contributed by atoms with E-state index in [1.807, 2.05) is 54.6 Å². The molecule has 0 bridgehead atoms. The summed E-state index contributed by atoms with van der Waals surface area (Å²) in [6.07, 6.45) is 0.640. The summed E-state index contributed by atoms with van der Waals surface area (Å²) in [4.78, 5) is 10.6. The van der Waals surface area contributed by atoms with Crippen LogP contribution in [0, 0.1) is 6.92 Å². The van der Waals surface area contributed by atoms with Crippen LogP contribution >= 0.6 is 11.3 Å². The molecular weight excluding hydrogens is 344 g/mol. The third-order valence-corrected chi connectivity index (χ3v) is 5.06. The minimum Gasteiger partial charge on any atom is -0.497 e. The fourth-order valence-electron chi connectivity index (χ4n) is 2.78. The van der Waals surface area contributed by atoms with E-state index in [9.17, 15) is 0 Å². The Hall–Kier alpha value is -2.99. The van der Waals surface area contributed by atoms with E-state index in [1.54, 1.807) is 18.4 Å². The molecule has 2 aromatic carbocycles. The zero-order valence-corrected chi connectivity index (χ0v) is 15.4. The smallest absolute Gasteiger partial charge is 0.181 e. The van der Waals surface area contributed by atoms with Gasteiger partial charge in [0, 0.05) is 16.0 Å². The number of H-pyrrole nitrogens is 1. The number of benzene rings is 2. The Bertz CT molecular complexity index is 1010. The zero-order valence-electron chi connectivity index (χ0n) is 14.6. The SMILES string of the molecule is COc1ccc(-c2nc(Cc3nc(-c4ccccc4)n[nH]3)sc2C)cc1. The zero-order chi connectivity index (χ0) is 17.9. The Kier molecular flexibility index (Phi) is 4.50. The summed E-state index contributed by atoms with van der Waals surface area (Å²) < 4.78 is 5.22. The van der Waals surface area contributed by atoms with Gasteiger partial charge in [0.1, 0.15) is 16.6 Å². The number of hydrogen-bond donors (Lipinski definition) is 1. The maximum Gasteiger partial charge on any atom is 0.181 e. The van der Waals surface area contributed by atoms with Gasteiger partial charge in [0.2, 0.25) is 0 Å². The van der Waals surface area contributed by atoms with Crippen LogP contribution < -0.4 is 4.74 Å². The molecule has 6 heteroatoms. The first kappa shape index (κ1) is 16.5. The number of nitrogens with one attached hydrogen (secondary N) is 1. The van der Waals surface area contributed by atoms with Crippen molar-refractivity contribution in [2.45, 2.75) is 13.3 Å². The minimum atomic E-state index is 0.640. The van der Waals surface area contributed by atoms with Gasteiger partial charge in [-0.3, -0.25) is 5.10 Å². The van der Waals surface area contributed by atoms with E-state index in [0.29, 0.717) is 12.2 Å². The number of aromatic amines is 1. The Morgan fingerprint density at radius 1 is 0.962 bits per heavy atom. The third-order valence-electron chi connectivity index (χ3n) is 4.09. The number of rotatable bonds is 5. The van der Waals surface area contributed by atoms with Crippen LogP contribution in [-0.2, 0) is 6.42 Å². The minimum absolute atomic E-state index is 0.640. The van der Waals surface area contributed by atoms with E-state index in [2.05, 4.69) is 22.1 Å². The average Bonchev–Trinajstić information content (AvgIpc) is 3.29. The summed E-state index contributed by atoms with van der Waals surface area (Å²) in [6, 6.07) is 17.9. The summed E-state index contributed by atoms with van der Waals surface area (Å²) in [5, 5.41) is 8.36. The second kappa shape index (κ2) is 7.09. The first-order valence-corrected chi connectivity index (χ1v) is 9.12. The van der Waals surface area contributed by atoms with E-state index in [4.69, 9.17) is 9.72 Å². The van der Waals surface area contributed by atoms with Crippen molar-refractivity contribution in [1.82, 2.24) is 20.2 Å². The van der Waals surface area contributed by atoms with Crippen LogP contribution in [0.5, 0.6) is 5.75 Å². The van der Waals surface area contributed by atoms with Crippen molar-refractivity contribution >= 4 is 11.3 Å². The second-order valence-corrected chi connectivity index (χ2v) is 7.18. The molecule has 0 spiro atoms. The average molecular weight is 362 g/mol. The predicted molar refractivity (Wildman–Crippen MR) is 103 cm³/mol. The van der Waals surface area contributed by atoms with Crippen LogP contribution in [0.1, 0.15) is 15.7 Å². The van der Waals surface area contributed by atoms with Gasteiger partial charge >= 0.3 is 0 Å². The topological polar surface area (TPSA) is 63.7 Å². The molecule has 0 aliphatic carbocycles. The van der Waals surface area contributed by atoms with Gasteiger partial charge in [-0.05, 0) is 31.2 Å². The summed E-state index contributed by atoms with van der Waals surface area (Å²) in [5.74, 6) is 2.38. The second-order valence-electron chi connectivity index (χ2n) is 5.89. The Balaban J connectivity index is 1.55. The van der Waals surface area contributed by atoms with Gasteiger partial charge in [-0.1, -0.05) is 30.3 Å². The number of methoxy groups -OCH3 is 1. The predicted octanol–water partition coefficient (Wildman–Crippen LogP) is 4.50. The maximum absolute atomic E-state index is 5.22. The van der Waals surface area contributed by atoms with E-state index < -0.39 is 0 Å². The third kappa shape index (κ3) is 3.36. The van der Waals surface area contributed by atoms with Crippen LogP contribution in [0.15, 0.2) is 54.6 Å². The van der Waals surface area contributed by atoms with Gasteiger partial charge in [-0.15, -0.1) is 11.3 Å². The largest absolute Gasteiger partial charge is 0.497 e. The van der Waals surface area contributed by atoms with Crippen molar-refractivity contribution in [1.29, 1.82) is 0 Å². The first-order valence-electron chi connectivity index (χ1n) is 8.30. The molecule has 2 heterocycles. The van der Waals surface area contributed by atoms with Crippen molar-refractivity contribution in [2.24, 2.45) is 0 Å². The molecule has 2 aromatic heterocycles. The molecule has 1 N–H and O–H groups in total. The van der Waals surface area contributed by atoms with Gasteiger partial charge in [-0.25, -0.2) is 9.97 Å². The highest BCUT2D eigenvalue weighted by molar-refractivity contribution is 7.12. The molecule has 0 saturated carbocycles. The van der Waals surface area contributed by atoms with Crippen LogP contribution in [-0.4, -0.2) is 27.3 Å². The van der Waals surface area contributed by atoms with Crippen molar-refractivity contribution in [3.63, 3.8) is 0 Å². The molecule has 5 nitrogen and oxygen atoms in total.